The van der Waals surface area contributed by atoms with E-state index in [0.717, 1.165) is 71.5 Å². The summed E-state index contributed by atoms with van der Waals surface area (Å²) in [7, 11) is 0. The summed E-state index contributed by atoms with van der Waals surface area (Å²) in [6.07, 6.45) is 0. The SMILES string of the molecule is CC1(C)N=c2cccc(N(c3ccc(-c4ccc5cc6ccccc6cc5c4)c4c3=NC(C)(C)N=4)c3ccc(-c4cccc5ccccc45)c4c3=NC(C)(C)N=4)c2=N1. The van der Waals surface area contributed by atoms with E-state index in [4.69, 9.17) is 30.0 Å². The molecule has 7 nitrogen and oxygen atoms in total. The number of benzene rings is 8. The third-order valence-electron chi connectivity index (χ3n) is 11.4. The maximum atomic E-state index is 5.37. The van der Waals surface area contributed by atoms with Gasteiger partial charge < -0.3 is 4.90 Å². The van der Waals surface area contributed by atoms with Crippen LogP contribution in [0.25, 0.3) is 54.6 Å². The molecule has 0 unspecified atom stereocenters. The Hall–Kier alpha value is -6.86. The zero-order chi connectivity index (χ0) is 39.6. The first-order chi connectivity index (χ1) is 27.9. The largest absolute Gasteiger partial charge is 0.304 e. The van der Waals surface area contributed by atoms with Gasteiger partial charge in [0.1, 0.15) is 33.1 Å². The molecule has 0 bridgehead atoms. The predicted molar refractivity (Wildman–Crippen MR) is 234 cm³/mol. The first kappa shape index (κ1) is 34.4. The normalized spacial score (nSPS) is 16.3. The monoisotopic (exact) mass is 751 g/mol. The fourth-order valence-corrected chi connectivity index (χ4v) is 9.00. The number of hydrogen-bond donors (Lipinski definition) is 0. The molecule has 0 radical (unpaired) electrons. The summed E-state index contributed by atoms with van der Waals surface area (Å²) in [6.45, 7) is 12.4. The van der Waals surface area contributed by atoms with Crippen LogP contribution in [-0.2, 0) is 0 Å². The molecule has 3 aliphatic heterocycles. The van der Waals surface area contributed by atoms with Crippen LogP contribution in [0, 0.1) is 0 Å². The molecule has 0 fully saturated rings. The molecule has 280 valence electrons. The Morgan fingerprint density at radius 2 is 0.862 bits per heavy atom. The van der Waals surface area contributed by atoms with E-state index < -0.39 is 17.0 Å². The van der Waals surface area contributed by atoms with Crippen molar-refractivity contribution in [2.45, 2.75) is 58.5 Å². The average Bonchev–Trinajstić information content (AvgIpc) is 3.84. The lowest BCUT2D eigenvalue weighted by molar-refractivity contribution is 0.549. The van der Waals surface area contributed by atoms with Crippen LogP contribution in [0.5, 0.6) is 0 Å². The molecule has 0 amide bonds. The summed E-state index contributed by atoms with van der Waals surface area (Å²) < 4.78 is 0. The molecule has 3 heterocycles. The molecule has 0 spiro atoms. The lowest BCUT2D eigenvalue weighted by Crippen LogP contribution is -2.38. The van der Waals surface area contributed by atoms with Gasteiger partial charge >= 0.3 is 0 Å². The van der Waals surface area contributed by atoms with Gasteiger partial charge in [0.25, 0.3) is 0 Å². The quantitative estimate of drug-likeness (QED) is 0.162. The van der Waals surface area contributed by atoms with Gasteiger partial charge in [-0.05, 0) is 140 Å². The molecule has 7 heteroatoms. The third-order valence-corrected chi connectivity index (χ3v) is 11.4. The van der Waals surface area contributed by atoms with Gasteiger partial charge in [-0.15, -0.1) is 0 Å². The van der Waals surface area contributed by atoms with E-state index in [9.17, 15) is 0 Å². The summed E-state index contributed by atoms with van der Waals surface area (Å²) in [5.41, 5.74) is 5.08. The topological polar surface area (TPSA) is 77.4 Å². The van der Waals surface area contributed by atoms with Gasteiger partial charge in [0.05, 0.1) is 33.1 Å². The minimum atomic E-state index is -0.673. The van der Waals surface area contributed by atoms with Crippen molar-refractivity contribution >= 4 is 49.4 Å². The molecule has 11 rings (SSSR count). The second-order valence-electron chi connectivity index (χ2n) is 17.1. The van der Waals surface area contributed by atoms with Crippen LogP contribution in [-0.4, -0.2) is 17.0 Å². The Bertz CT molecular complexity index is 3500. The Morgan fingerprint density at radius 1 is 0.345 bits per heavy atom. The van der Waals surface area contributed by atoms with E-state index in [1.54, 1.807) is 0 Å². The van der Waals surface area contributed by atoms with Crippen LogP contribution in [0.3, 0.4) is 0 Å². The molecule has 8 aromatic carbocycles. The van der Waals surface area contributed by atoms with Crippen molar-refractivity contribution in [2.24, 2.45) is 30.0 Å². The zero-order valence-corrected chi connectivity index (χ0v) is 33.4. The molecule has 58 heavy (non-hydrogen) atoms. The number of hydrogen-bond acceptors (Lipinski definition) is 7. The van der Waals surface area contributed by atoms with E-state index >= 15 is 0 Å². The summed E-state index contributed by atoms with van der Waals surface area (Å²) in [4.78, 5) is 33.9. The van der Waals surface area contributed by atoms with Crippen molar-refractivity contribution in [1.82, 2.24) is 0 Å². The molecule has 0 aliphatic carbocycles. The zero-order valence-electron chi connectivity index (χ0n) is 33.4. The summed E-state index contributed by atoms with van der Waals surface area (Å²) in [5.74, 6) is 0. The fraction of sp³-hybridized carbons (Fsp3) is 0.176. The van der Waals surface area contributed by atoms with Crippen molar-refractivity contribution in [1.29, 1.82) is 0 Å². The molecule has 3 aliphatic rings. The van der Waals surface area contributed by atoms with Crippen LogP contribution in [0.1, 0.15) is 41.5 Å². The Kier molecular flexibility index (Phi) is 7.16. The molecular formula is C51H41N7. The van der Waals surface area contributed by atoms with E-state index in [0.29, 0.717) is 0 Å². The molecule has 0 saturated heterocycles. The second-order valence-corrected chi connectivity index (χ2v) is 17.1. The molecule has 8 aromatic rings. The second kappa shape index (κ2) is 12.1. The third kappa shape index (κ3) is 5.48. The van der Waals surface area contributed by atoms with Gasteiger partial charge in [0, 0.05) is 11.1 Å². The van der Waals surface area contributed by atoms with Gasteiger partial charge in [-0.3, -0.25) is 30.0 Å². The van der Waals surface area contributed by atoms with Crippen LogP contribution in [0.2, 0.25) is 0 Å². The minimum Gasteiger partial charge on any atom is -0.304 e. The highest BCUT2D eigenvalue weighted by Gasteiger charge is 2.31. The minimum absolute atomic E-state index is 0.596. The van der Waals surface area contributed by atoms with Gasteiger partial charge in [-0.1, -0.05) is 84.9 Å². The molecule has 0 N–H and O–H groups in total. The van der Waals surface area contributed by atoms with Crippen LogP contribution in [0.4, 0.5) is 17.1 Å². The summed E-state index contributed by atoms with van der Waals surface area (Å²) in [6, 6.07) is 49.8. The molecule has 0 saturated carbocycles. The van der Waals surface area contributed by atoms with Crippen LogP contribution < -0.4 is 37.0 Å². The molecular weight excluding hydrogens is 711 g/mol. The van der Waals surface area contributed by atoms with Gasteiger partial charge in [-0.25, -0.2) is 0 Å². The lowest BCUT2D eigenvalue weighted by atomic mass is 9.96. The Balaban J connectivity index is 1.19. The van der Waals surface area contributed by atoms with Crippen molar-refractivity contribution in [3.8, 4) is 22.3 Å². The van der Waals surface area contributed by atoms with Crippen LogP contribution >= 0.6 is 0 Å². The number of rotatable bonds is 5. The van der Waals surface area contributed by atoms with Crippen molar-refractivity contribution in [3.63, 3.8) is 0 Å². The smallest absolute Gasteiger partial charge is 0.146 e. The number of para-hydroxylation sites is 1. The van der Waals surface area contributed by atoms with Crippen molar-refractivity contribution in [3.05, 3.63) is 172 Å². The van der Waals surface area contributed by atoms with Gasteiger partial charge in [0.15, 0.2) is 0 Å². The van der Waals surface area contributed by atoms with Crippen LogP contribution in [0.15, 0.2) is 169 Å². The highest BCUT2D eigenvalue weighted by Crippen LogP contribution is 2.35. The number of anilines is 3. The van der Waals surface area contributed by atoms with Gasteiger partial charge in [-0.2, -0.15) is 0 Å². The number of fused-ring (bicyclic) bond motifs is 6. The van der Waals surface area contributed by atoms with E-state index in [-0.39, 0.29) is 0 Å². The highest BCUT2D eigenvalue weighted by atomic mass is 15.2. The van der Waals surface area contributed by atoms with Crippen molar-refractivity contribution in [2.75, 3.05) is 4.90 Å². The number of nitrogens with zero attached hydrogens (tertiary/aromatic N) is 7. The maximum absolute atomic E-state index is 5.37. The standard InChI is InChI=1S/C51H41N7/c1-49(2)52-40-19-12-20-41(46(40)55-49)58(43-26-24-39(45-48(43)57-51(5,6)54-45)38-18-11-16-30-13-9-10-17-36(30)38)42-25-23-37(44-47(42)56-50(3,4)53-44)34-22-21-33-27-31-14-7-8-15-32(31)28-35(33)29-34/h7-29H,1-6H3. The predicted octanol–water partition coefficient (Wildman–Crippen LogP) is 8.92. The molecule has 0 atom stereocenters. The maximum Gasteiger partial charge on any atom is 0.146 e. The average molecular weight is 752 g/mol. The first-order valence-electron chi connectivity index (χ1n) is 20.0. The first-order valence-corrected chi connectivity index (χ1v) is 20.0. The molecule has 0 aromatic heterocycles. The van der Waals surface area contributed by atoms with Gasteiger partial charge in [0.2, 0.25) is 0 Å². The highest BCUT2D eigenvalue weighted by molar-refractivity contribution is 6.00. The van der Waals surface area contributed by atoms with E-state index in [1.807, 2.05) is 19.9 Å². The summed E-state index contributed by atoms with van der Waals surface area (Å²) >= 11 is 0. The lowest BCUT2D eigenvalue weighted by Gasteiger charge is -2.26. The Labute approximate surface area is 335 Å². The van der Waals surface area contributed by atoms with Crippen molar-refractivity contribution < 1.29 is 0 Å². The fourth-order valence-electron chi connectivity index (χ4n) is 9.00. The summed E-state index contributed by atoms with van der Waals surface area (Å²) in [5, 5.41) is 12.3. The van der Waals surface area contributed by atoms with E-state index in [1.165, 1.54) is 32.3 Å². The van der Waals surface area contributed by atoms with E-state index in [2.05, 4.69) is 166 Å². The Morgan fingerprint density at radius 3 is 1.59 bits per heavy atom.